The molecule has 23 nitrogen and oxygen atoms in total. The Morgan fingerprint density at radius 2 is 1.38 bits per heavy atom. The molecule has 0 saturated carbocycles. The second-order valence-corrected chi connectivity index (χ2v) is 29.6. The summed E-state index contributed by atoms with van der Waals surface area (Å²) in [7, 11) is -3.66. The highest BCUT2D eigenvalue weighted by molar-refractivity contribution is 7.89. The normalized spacial score (nSPS) is 13.7. The Bertz CT molecular complexity index is 4130. The smallest absolute Gasteiger partial charge is 0.314 e. The number of aryl methyl sites for hydroxylation is 1. The van der Waals surface area contributed by atoms with Crippen LogP contribution in [0.5, 0.6) is 0 Å². The van der Waals surface area contributed by atoms with Gasteiger partial charge in [-0.3, -0.25) is 19.8 Å². The number of nitrogens with zero attached hydrogens (tertiary/aromatic N) is 6. The fourth-order valence-electron chi connectivity index (χ4n) is 12.8. The molecule has 0 unspecified atom stereocenters. The van der Waals surface area contributed by atoms with E-state index in [9.17, 15) is 40.6 Å². The van der Waals surface area contributed by atoms with Crippen LogP contribution in [0, 0.1) is 5.41 Å². The van der Waals surface area contributed by atoms with E-state index in [2.05, 4.69) is 97.1 Å². The van der Waals surface area contributed by atoms with Crippen LogP contribution in [-0.4, -0.2) is 143 Å². The lowest BCUT2D eigenvalue weighted by Crippen LogP contribution is -2.56. The number of carbonyl (C=O) groups is 4. The molecule has 1 saturated heterocycles. The number of fused-ring (bicyclic) bond motifs is 2. The summed E-state index contributed by atoms with van der Waals surface area (Å²) < 4.78 is 83.6. The molecule has 5 aromatic rings. The third-order valence-electron chi connectivity index (χ3n) is 18.6. The van der Waals surface area contributed by atoms with Crippen LogP contribution in [0.25, 0.3) is 33.4 Å². The molecule has 1 aliphatic carbocycles. The maximum Gasteiger partial charge on any atom is 0.314 e. The molecular formula is C72H102N13O10S3+. The second kappa shape index (κ2) is 36.9. The largest absolute Gasteiger partial charge is 0.744 e. The van der Waals surface area contributed by atoms with Gasteiger partial charge >= 0.3 is 6.03 Å². The molecule has 3 aliphatic rings. The highest BCUT2D eigenvalue weighted by atomic mass is 32.2. The summed E-state index contributed by atoms with van der Waals surface area (Å²) in [6.07, 6.45) is 16.3. The number of benzene rings is 4. The molecule has 26 heteroatoms. The first-order valence-electron chi connectivity index (χ1n) is 34.9. The Kier molecular flexibility index (Phi) is 28.6. The highest BCUT2D eigenvalue weighted by Crippen LogP contribution is 2.43. The van der Waals surface area contributed by atoms with E-state index in [-0.39, 0.29) is 60.2 Å². The number of hydrogen-bond donors (Lipinski definition) is 7. The fourth-order valence-corrected chi connectivity index (χ4v) is 15.4. The van der Waals surface area contributed by atoms with Crippen molar-refractivity contribution in [2.45, 2.75) is 171 Å². The number of amides is 5. The summed E-state index contributed by atoms with van der Waals surface area (Å²) in [5.41, 5.74) is 5.15. The number of thiazole rings is 1. The van der Waals surface area contributed by atoms with Crippen LogP contribution in [0.3, 0.4) is 0 Å². The first-order chi connectivity index (χ1) is 47.1. The number of carbonyl (C=O) groups excluding carboxylic acids is 4. The molecule has 8 rings (SSSR count). The average Bonchev–Trinajstić information content (AvgIpc) is 0.823. The molecular weight excluding hydrogens is 1300 g/mol. The van der Waals surface area contributed by atoms with E-state index >= 15 is 0 Å². The Morgan fingerprint density at radius 1 is 0.735 bits per heavy atom. The molecule has 0 bridgehead atoms. The van der Waals surface area contributed by atoms with Crippen LogP contribution in [0.4, 0.5) is 10.5 Å². The minimum Gasteiger partial charge on any atom is -0.744 e. The Labute approximate surface area is 582 Å². The van der Waals surface area contributed by atoms with Gasteiger partial charge < -0.3 is 49.9 Å². The highest BCUT2D eigenvalue weighted by Gasteiger charge is 2.32. The molecule has 4 heterocycles. The van der Waals surface area contributed by atoms with E-state index in [1.165, 1.54) is 23.5 Å². The number of unbranched alkanes of at least 4 members (excludes halogenated alkanes) is 10. The molecule has 2 aromatic heterocycles. The van der Waals surface area contributed by atoms with E-state index in [0.29, 0.717) is 77.2 Å². The van der Waals surface area contributed by atoms with E-state index in [1.807, 2.05) is 78.7 Å². The predicted octanol–water partition coefficient (Wildman–Crippen LogP) is 7.63. The number of likely N-dealkylation sites (tertiary alicyclic amines) is 1. The molecule has 1 fully saturated rings. The first-order valence-corrected chi connectivity index (χ1v) is 38.7. The Hall–Kier alpha value is -7.75. The van der Waals surface area contributed by atoms with Gasteiger partial charge in [0.05, 0.1) is 29.3 Å². The Morgan fingerprint density at radius 3 is 2.01 bits per heavy atom. The summed E-state index contributed by atoms with van der Waals surface area (Å²) in [5.74, 6) is -0.654. The number of rotatable bonds is 38. The maximum absolute atomic E-state index is 14.4. The quantitative estimate of drug-likeness (QED) is 0.00851. The van der Waals surface area contributed by atoms with Crippen LogP contribution in [0.2, 0.25) is 0 Å². The molecule has 2 aliphatic heterocycles. The zero-order chi connectivity index (χ0) is 70.4. The number of hydrogen-bond acceptors (Lipinski definition) is 14. The molecule has 0 spiro atoms. The summed E-state index contributed by atoms with van der Waals surface area (Å²) >= 11 is 1.22. The van der Waals surface area contributed by atoms with Crippen molar-refractivity contribution >= 4 is 71.9 Å². The monoisotopic (exact) mass is 1400 g/mol. The number of piperidine rings is 1. The van der Waals surface area contributed by atoms with Gasteiger partial charge in [-0.15, -0.1) is 11.3 Å². The lowest BCUT2D eigenvalue weighted by molar-refractivity contribution is -0.688. The van der Waals surface area contributed by atoms with Crippen molar-refractivity contribution in [3.8, 4) is 22.5 Å². The summed E-state index contributed by atoms with van der Waals surface area (Å²) in [6.45, 7) is 14.6. The first kappa shape index (κ1) is 76.0. The zero-order valence-corrected chi connectivity index (χ0v) is 60.6. The van der Waals surface area contributed by atoms with Crippen molar-refractivity contribution in [2.75, 3.05) is 70.9 Å². The minimum atomic E-state index is -5.18. The molecule has 3 aromatic carbocycles. The van der Waals surface area contributed by atoms with Crippen LogP contribution < -0.4 is 55.5 Å². The van der Waals surface area contributed by atoms with Gasteiger partial charge in [-0.2, -0.15) is 0 Å². The lowest BCUT2D eigenvalue weighted by atomic mass is 9.93. The zero-order valence-electron chi connectivity index (χ0n) is 58.1. The van der Waals surface area contributed by atoms with Crippen molar-refractivity contribution < 1.29 is 49.6 Å². The third-order valence-corrected chi connectivity index (χ3v) is 21.8. The minimum absolute atomic E-state index is 0.0294. The third kappa shape index (κ3) is 21.6. The number of sulfonamides is 1. The van der Waals surface area contributed by atoms with Crippen molar-refractivity contribution in [3.05, 3.63) is 130 Å². The standard InChI is InChI=1S/C72H101N13O10S3/c1-8-84(9-2)54-30-33-59-64(44-54)95-65-45-55(85(10-3)11-4)31-34-60(65)68(59)61-35-32-58(47-66(61)98(92,93)94)97(90,91)76-40-25-19-17-15-13-12-14-16-18-24-38-74-72(89)75-39-26-23-29-62(78-67(86)46-57-50-96-71(73)82(57)7)69(87)79-63(70(88)77-53-36-41-80(5)42-37-53)43-56-49-83(51-81(56)6)48-52-27-21-20-22-28-52/h20-22,27-28,30-35,44-45,47,49-51,53,62-63,73,76H,8-19,23-26,29,36-43,46,48H2,1-7H3,(H4-2,74,75,77,78,79,86,87,88,89,92,93,94)/p+1/t62-,63-/m0/s1. The number of imidazole rings is 1. The molecule has 532 valence electrons. The van der Waals surface area contributed by atoms with Gasteiger partial charge in [-0.25, -0.2) is 40.1 Å². The van der Waals surface area contributed by atoms with Gasteiger partial charge in [0.1, 0.15) is 65.1 Å². The topological polar surface area (TPSA) is 292 Å². The van der Waals surface area contributed by atoms with Gasteiger partial charge in [-0.05, 0) is 129 Å². The van der Waals surface area contributed by atoms with Gasteiger partial charge in [-0.1, -0.05) is 87.8 Å². The van der Waals surface area contributed by atoms with Crippen molar-refractivity contribution in [3.63, 3.8) is 0 Å². The van der Waals surface area contributed by atoms with Crippen LogP contribution in [0.15, 0.2) is 117 Å². The van der Waals surface area contributed by atoms with E-state index in [1.54, 1.807) is 17.0 Å². The van der Waals surface area contributed by atoms with E-state index in [4.69, 9.17) is 9.83 Å². The van der Waals surface area contributed by atoms with E-state index < -0.39 is 43.0 Å². The van der Waals surface area contributed by atoms with Crippen molar-refractivity contribution in [1.29, 1.82) is 5.41 Å². The second-order valence-electron chi connectivity index (χ2n) is 25.7. The summed E-state index contributed by atoms with van der Waals surface area (Å²) in [6, 6.07) is 23.0. The number of anilines is 1. The summed E-state index contributed by atoms with van der Waals surface area (Å²) in [5, 5.41) is 26.4. The number of urea groups is 1. The number of aromatic nitrogens is 3. The average molecular weight is 1410 g/mol. The van der Waals surface area contributed by atoms with Crippen LogP contribution in [-0.2, 0) is 68.0 Å². The maximum atomic E-state index is 14.4. The lowest BCUT2D eigenvalue weighted by Gasteiger charge is -2.31. The fraction of sp³-hybridized carbons (Fsp3) is 0.514. The molecule has 7 N–H and O–H groups in total. The van der Waals surface area contributed by atoms with Crippen LogP contribution in [0.1, 0.15) is 141 Å². The van der Waals surface area contributed by atoms with Crippen molar-refractivity contribution in [1.82, 2.24) is 49.9 Å². The molecule has 2 atom stereocenters. The molecule has 98 heavy (non-hydrogen) atoms. The van der Waals surface area contributed by atoms with Crippen LogP contribution >= 0.6 is 11.3 Å². The van der Waals surface area contributed by atoms with Gasteiger partial charge in [0.2, 0.25) is 39.4 Å². The van der Waals surface area contributed by atoms with E-state index in [0.717, 1.165) is 138 Å². The molecule has 0 radical (unpaired) electrons. The van der Waals surface area contributed by atoms with Gasteiger partial charge in [0.25, 0.3) is 0 Å². The van der Waals surface area contributed by atoms with Crippen molar-refractivity contribution in [2.24, 2.45) is 14.1 Å². The summed E-state index contributed by atoms with van der Waals surface area (Å²) in [4.78, 5) is 58.7. The Balaban J connectivity index is 0.742. The number of nitrogens with one attached hydrogen (secondary N) is 7. The SMILES string of the molecule is CCN(CC)c1ccc2c(-c3ccc(S(=O)(=O)NCCCCCCCCCCCCNC(=O)NCCCC[C@H](NC(=O)Cc4csc(=N)n4C)C(=O)N[C@@H](Cc4c[n+](Cc5ccccc5)cn4C)C(=O)NC4CCN(C)CC4)cc3S(=O)(=O)[O-])c3ccc(=[N+](CC)CC)cc-3oc2c1. The molecule has 5 amide bonds. The predicted molar refractivity (Wildman–Crippen MR) is 383 cm³/mol. The van der Waals surface area contributed by atoms with Gasteiger partial charge in [0.15, 0.2) is 4.80 Å². The van der Waals surface area contributed by atoms with Gasteiger partial charge in [0, 0.05) is 103 Å².